The predicted octanol–water partition coefficient (Wildman–Crippen LogP) is 10.1. The summed E-state index contributed by atoms with van der Waals surface area (Å²) in [4.78, 5) is 9.80. The molecular formula is C42H47N5OPt. The zero-order valence-corrected chi connectivity index (χ0v) is 33.1. The standard InChI is InChI=1S/C42H47N5O.Pt/c1-26-28(3)46-37(42(11,12)36-22-31(18-19-43-36)40(5,6)7)24-35(25-38(46)44-26)48-34-21-32(41(8,9)10)20-33(23-34)47-29(4)39(27(2)45-47)30-16-14-13-15-17-30;/h13-22,25H,1-12H3;/q-2;+2. The number of rotatable bonds is 6. The molecule has 6 rings (SSSR count). The van der Waals surface area contributed by atoms with E-state index in [4.69, 9.17) is 19.8 Å². The summed E-state index contributed by atoms with van der Waals surface area (Å²) in [7, 11) is 0. The van der Waals surface area contributed by atoms with Gasteiger partial charge >= 0.3 is 21.1 Å². The van der Waals surface area contributed by atoms with Crippen molar-refractivity contribution >= 4 is 5.65 Å². The van der Waals surface area contributed by atoms with Gasteiger partial charge in [-0.3, -0.25) is 14.6 Å². The number of nitrogens with zero attached hydrogens (tertiary/aromatic N) is 5. The first-order valence-electron chi connectivity index (χ1n) is 16.7. The van der Waals surface area contributed by atoms with Crippen LogP contribution in [0.2, 0.25) is 0 Å². The van der Waals surface area contributed by atoms with E-state index in [0.29, 0.717) is 11.5 Å². The molecule has 2 aromatic carbocycles. The molecule has 0 aliphatic heterocycles. The molecule has 0 unspecified atom stereocenters. The van der Waals surface area contributed by atoms with Crippen LogP contribution in [0.15, 0.2) is 66.9 Å². The van der Waals surface area contributed by atoms with Gasteiger partial charge in [-0.15, -0.1) is 29.8 Å². The van der Waals surface area contributed by atoms with E-state index in [-0.39, 0.29) is 31.9 Å². The van der Waals surface area contributed by atoms with Crippen molar-refractivity contribution in [1.29, 1.82) is 0 Å². The van der Waals surface area contributed by atoms with E-state index < -0.39 is 5.41 Å². The molecule has 6 nitrogen and oxygen atoms in total. The molecule has 4 heterocycles. The minimum atomic E-state index is -0.504. The Bertz CT molecular complexity index is 2140. The van der Waals surface area contributed by atoms with Gasteiger partial charge in [0.25, 0.3) is 0 Å². The van der Waals surface area contributed by atoms with Crippen LogP contribution in [0.4, 0.5) is 0 Å². The third-order valence-electron chi connectivity index (χ3n) is 9.45. The van der Waals surface area contributed by atoms with Crippen molar-refractivity contribution in [3.8, 4) is 28.3 Å². The second kappa shape index (κ2) is 13.0. The molecule has 256 valence electrons. The third kappa shape index (κ3) is 6.90. The van der Waals surface area contributed by atoms with E-state index in [0.717, 1.165) is 62.2 Å². The molecule has 0 saturated heterocycles. The number of benzene rings is 2. The van der Waals surface area contributed by atoms with Crippen molar-refractivity contribution in [3.05, 3.63) is 124 Å². The third-order valence-corrected chi connectivity index (χ3v) is 9.45. The molecule has 0 aliphatic carbocycles. The Morgan fingerprint density at radius 3 is 2.00 bits per heavy atom. The zero-order chi connectivity index (χ0) is 34.8. The number of pyridine rings is 2. The summed E-state index contributed by atoms with van der Waals surface area (Å²) in [6.07, 6.45) is 1.91. The molecule has 0 atom stereocenters. The quantitative estimate of drug-likeness (QED) is 0.157. The van der Waals surface area contributed by atoms with E-state index in [1.165, 1.54) is 5.56 Å². The van der Waals surface area contributed by atoms with Crippen LogP contribution in [0.5, 0.6) is 11.5 Å². The molecule has 0 N–H and O–H groups in total. The van der Waals surface area contributed by atoms with Gasteiger partial charge in [0, 0.05) is 34.3 Å². The maximum atomic E-state index is 6.72. The molecule has 6 aromatic rings. The van der Waals surface area contributed by atoms with Gasteiger partial charge in [-0.25, -0.2) is 0 Å². The van der Waals surface area contributed by atoms with E-state index in [9.17, 15) is 0 Å². The Hall–Kier alpha value is -4.02. The Labute approximate surface area is 306 Å². The zero-order valence-electron chi connectivity index (χ0n) is 30.8. The minimum Gasteiger partial charge on any atom is -0.521 e. The monoisotopic (exact) mass is 832 g/mol. The molecule has 0 bridgehead atoms. The second-order valence-electron chi connectivity index (χ2n) is 15.6. The molecule has 0 aliphatic rings. The maximum absolute atomic E-state index is 6.72. The number of imidazole rings is 1. The Morgan fingerprint density at radius 2 is 1.35 bits per heavy atom. The number of aryl methyl sites for hydroxylation is 3. The molecule has 0 amide bonds. The summed E-state index contributed by atoms with van der Waals surface area (Å²) in [5.41, 5.74) is 11.6. The van der Waals surface area contributed by atoms with Crippen molar-refractivity contribution in [2.45, 2.75) is 99.3 Å². The molecule has 0 radical (unpaired) electrons. The largest absolute Gasteiger partial charge is 2.00 e. The molecule has 49 heavy (non-hydrogen) atoms. The molecule has 7 heteroatoms. The summed E-state index contributed by atoms with van der Waals surface area (Å²) in [6, 6.07) is 28.2. The first-order valence-corrected chi connectivity index (χ1v) is 16.7. The van der Waals surface area contributed by atoms with Gasteiger partial charge in [0.1, 0.15) is 0 Å². The minimum absolute atomic E-state index is 0. The van der Waals surface area contributed by atoms with Crippen molar-refractivity contribution in [2.75, 3.05) is 0 Å². The first kappa shape index (κ1) is 36.3. The Kier molecular flexibility index (Phi) is 9.64. The number of hydrogen-bond acceptors (Lipinski definition) is 4. The van der Waals surface area contributed by atoms with Gasteiger partial charge in [0.2, 0.25) is 0 Å². The second-order valence-corrected chi connectivity index (χ2v) is 15.6. The van der Waals surface area contributed by atoms with Crippen molar-refractivity contribution < 1.29 is 25.8 Å². The topological polar surface area (TPSA) is 57.2 Å². The number of aromatic nitrogens is 5. The van der Waals surface area contributed by atoms with E-state index in [2.05, 4.69) is 141 Å². The van der Waals surface area contributed by atoms with Crippen LogP contribution in [0, 0.1) is 39.8 Å². The fourth-order valence-electron chi connectivity index (χ4n) is 6.34. The Morgan fingerprint density at radius 1 is 0.694 bits per heavy atom. The van der Waals surface area contributed by atoms with Crippen LogP contribution in [-0.2, 0) is 37.3 Å². The molecule has 0 saturated carbocycles. The van der Waals surface area contributed by atoms with Gasteiger partial charge in [-0.1, -0.05) is 91.4 Å². The van der Waals surface area contributed by atoms with Crippen LogP contribution in [0.3, 0.4) is 0 Å². The normalized spacial score (nSPS) is 12.3. The van der Waals surface area contributed by atoms with Gasteiger partial charge in [0.05, 0.1) is 22.7 Å². The van der Waals surface area contributed by atoms with E-state index >= 15 is 0 Å². The molecule has 0 fully saturated rings. The predicted molar refractivity (Wildman–Crippen MR) is 195 cm³/mol. The number of fused-ring (bicyclic) bond motifs is 1. The van der Waals surface area contributed by atoms with Crippen molar-refractivity contribution in [2.24, 2.45) is 0 Å². The van der Waals surface area contributed by atoms with Crippen LogP contribution in [-0.4, -0.2) is 24.1 Å². The molecule has 4 aromatic heterocycles. The summed E-state index contributed by atoms with van der Waals surface area (Å²) in [5.74, 6) is 1.18. The molecule has 0 spiro atoms. The summed E-state index contributed by atoms with van der Waals surface area (Å²) >= 11 is 0. The maximum Gasteiger partial charge on any atom is 2.00 e. The first-order chi connectivity index (χ1) is 22.4. The summed E-state index contributed by atoms with van der Waals surface area (Å²) in [6.45, 7) is 26.0. The van der Waals surface area contributed by atoms with E-state index in [1.807, 2.05) is 29.9 Å². The van der Waals surface area contributed by atoms with Gasteiger partial charge in [-0.2, -0.15) is 11.2 Å². The SMILES string of the molecule is Cc1nn(-c2[c-]c(Oc3[c-]c(C(C)(C)c4cc(C(C)(C)C)ccn4)n4c(C)c(C)nc4c3)cc(C(C)(C)C)c2)c(C)c1-c1ccccc1.[Pt+2]. The van der Waals surface area contributed by atoms with Gasteiger partial charge in [-0.05, 0) is 73.2 Å². The number of hydrogen-bond donors (Lipinski definition) is 0. The van der Waals surface area contributed by atoms with E-state index in [1.54, 1.807) is 0 Å². The molecular weight excluding hydrogens is 786 g/mol. The number of ether oxygens (including phenoxy) is 1. The van der Waals surface area contributed by atoms with Gasteiger partial charge < -0.3 is 9.14 Å². The van der Waals surface area contributed by atoms with Crippen LogP contribution >= 0.6 is 0 Å². The fraction of sp³-hybridized carbons (Fsp3) is 0.357. The van der Waals surface area contributed by atoms with Crippen LogP contribution in [0.1, 0.15) is 101 Å². The average molecular weight is 833 g/mol. The summed E-state index contributed by atoms with van der Waals surface area (Å²) in [5, 5.41) is 4.99. The Balaban J connectivity index is 0.00000468. The van der Waals surface area contributed by atoms with Crippen LogP contribution in [0.25, 0.3) is 22.5 Å². The van der Waals surface area contributed by atoms with Gasteiger partial charge in [0.15, 0.2) is 0 Å². The fourth-order valence-corrected chi connectivity index (χ4v) is 6.34. The van der Waals surface area contributed by atoms with Crippen LogP contribution < -0.4 is 4.74 Å². The van der Waals surface area contributed by atoms with Crippen molar-refractivity contribution in [1.82, 2.24) is 24.1 Å². The average Bonchev–Trinajstić information content (AvgIpc) is 3.48. The van der Waals surface area contributed by atoms with Crippen molar-refractivity contribution in [3.63, 3.8) is 0 Å². The summed E-state index contributed by atoms with van der Waals surface area (Å²) < 4.78 is 10.9. The smallest absolute Gasteiger partial charge is 0.521 e.